The van der Waals surface area contributed by atoms with Crippen molar-refractivity contribution in [3.05, 3.63) is 78.2 Å². The Kier molecular flexibility index (Phi) is 6.32. The normalized spacial score (nSPS) is 23.7. The van der Waals surface area contributed by atoms with Gasteiger partial charge in [0.05, 0.1) is 9.75 Å². The zero-order valence-electron chi connectivity index (χ0n) is 14.8. The molecule has 134 valence electrons. The summed E-state index contributed by atoms with van der Waals surface area (Å²) in [5.74, 6) is 14.9. The first kappa shape index (κ1) is 18.8. The Bertz CT molecular complexity index is 982. The first-order valence-corrected chi connectivity index (χ1v) is 12.7. The van der Waals surface area contributed by atoms with Crippen molar-refractivity contribution < 1.29 is 0 Å². The van der Waals surface area contributed by atoms with Crippen LogP contribution in [0.3, 0.4) is 0 Å². The molecule has 0 aromatic carbocycles. The van der Waals surface area contributed by atoms with Gasteiger partial charge in [0.15, 0.2) is 0 Å². The summed E-state index contributed by atoms with van der Waals surface area (Å²) in [6.07, 6.45) is 7.76. The molecule has 27 heavy (non-hydrogen) atoms. The minimum atomic E-state index is 0.339. The fourth-order valence-corrected chi connectivity index (χ4v) is 5.91. The number of rotatable bonds is 2. The Balaban J connectivity index is 1.69. The molecule has 3 atom stereocenters. The van der Waals surface area contributed by atoms with E-state index in [1.807, 2.05) is 11.8 Å². The Morgan fingerprint density at radius 3 is 2.56 bits per heavy atom. The highest BCUT2D eigenvalue weighted by Gasteiger charge is 2.35. The second-order valence-corrected chi connectivity index (χ2v) is 9.82. The van der Waals surface area contributed by atoms with Gasteiger partial charge in [-0.2, -0.15) is 0 Å². The molecule has 0 saturated carbocycles. The summed E-state index contributed by atoms with van der Waals surface area (Å²) in [6, 6.07) is 8.31. The summed E-state index contributed by atoms with van der Waals surface area (Å²) >= 11 is 6.99. The van der Waals surface area contributed by atoms with Crippen LogP contribution in [0.25, 0.3) is 0 Å². The van der Waals surface area contributed by atoms with E-state index in [0.717, 1.165) is 16.2 Å². The third kappa shape index (κ3) is 4.48. The number of thioether (sulfide) groups is 2. The van der Waals surface area contributed by atoms with Gasteiger partial charge in [-0.1, -0.05) is 48.0 Å². The molecular formula is C23H18S4. The van der Waals surface area contributed by atoms with E-state index in [9.17, 15) is 0 Å². The van der Waals surface area contributed by atoms with E-state index >= 15 is 0 Å². The maximum absolute atomic E-state index is 3.57. The van der Waals surface area contributed by atoms with Gasteiger partial charge in [-0.3, -0.25) is 0 Å². The van der Waals surface area contributed by atoms with Crippen molar-refractivity contribution in [2.75, 3.05) is 6.26 Å². The molecule has 2 aromatic heterocycles. The van der Waals surface area contributed by atoms with Crippen LogP contribution in [0, 0.1) is 41.4 Å². The standard InChI is InChI=1S/C23H18S4/c1-24-14-10-18-16-17(6-7-19-4-2-12-25-19)22-11-15-27-23(22)21(18)9-8-20-5-3-13-26-20/h2-5,10-15,17-18,22H,16H2,1H3/b14-10-. The molecule has 3 heterocycles. The van der Waals surface area contributed by atoms with Crippen LogP contribution in [-0.2, 0) is 0 Å². The topological polar surface area (TPSA) is 0 Å². The molecule has 0 fully saturated rings. The molecule has 3 unspecified atom stereocenters. The SMILES string of the molecule is CS/C=C\C1CC(C#Cc2cccs2)C2C=CSC2=C1C#Cc1cccs1. The Hall–Kier alpha value is -1.56. The van der Waals surface area contributed by atoms with Gasteiger partial charge >= 0.3 is 0 Å². The Morgan fingerprint density at radius 2 is 1.85 bits per heavy atom. The third-order valence-corrected chi connectivity index (χ3v) is 7.59. The molecule has 0 N–H and O–H groups in total. The van der Waals surface area contributed by atoms with Crippen molar-refractivity contribution in [3.8, 4) is 23.7 Å². The largest absolute Gasteiger partial charge is 0.138 e. The van der Waals surface area contributed by atoms with Crippen molar-refractivity contribution in [2.24, 2.45) is 17.8 Å². The third-order valence-electron chi connectivity index (χ3n) is 4.55. The number of hydrogen-bond acceptors (Lipinski definition) is 4. The summed E-state index contributed by atoms with van der Waals surface area (Å²) in [6.45, 7) is 0. The van der Waals surface area contributed by atoms with Gasteiger partial charge in [-0.05, 0) is 46.4 Å². The lowest BCUT2D eigenvalue weighted by molar-refractivity contribution is 0.452. The van der Waals surface area contributed by atoms with E-state index < -0.39 is 0 Å². The van der Waals surface area contributed by atoms with Gasteiger partial charge in [0.25, 0.3) is 0 Å². The highest BCUT2D eigenvalue weighted by molar-refractivity contribution is 8.06. The molecule has 0 spiro atoms. The zero-order valence-corrected chi connectivity index (χ0v) is 18.1. The second-order valence-electron chi connectivity index (χ2n) is 6.24. The summed E-state index contributed by atoms with van der Waals surface area (Å²) in [5, 5.41) is 8.57. The van der Waals surface area contributed by atoms with Gasteiger partial charge in [0.1, 0.15) is 0 Å². The number of hydrogen-bond donors (Lipinski definition) is 0. The van der Waals surface area contributed by atoms with Crippen LogP contribution in [0.1, 0.15) is 16.2 Å². The van der Waals surface area contributed by atoms with Gasteiger partial charge in [-0.25, -0.2) is 0 Å². The number of allylic oxidation sites excluding steroid dienone is 4. The lowest BCUT2D eigenvalue weighted by Gasteiger charge is -2.30. The molecule has 0 bridgehead atoms. The minimum Gasteiger partial charge on any atom is -0.138 e. The average Bonchev–Trinajstić information content (AvgIpc) is 3.45. The van der Waals surface area contributed by atoms with Crippen LogP contribution >= 0.6 is 46.2 Å². The molecule has 4 rings (SSSR count). The fraction of sp³-hybridized carbons (Fsp3) is 0.217. The summed E-state index contributed by atoms with van der Waals surface area (Å²) in [7, 11) is 0. The number of thiophene rings is 2. The van der Waals surface area contributed by atoms with E-state index in [4.69, 9.17) is 0 Å². The van der Waals surface area contributed by atoms with Crippen LogP contribution in [-0.4, -0.2) is 6.26 Å². The monoisotopic (exact) mass is 422 g/mol. The molecule has 0 saturated heterocycles. The van der Waals surface area contributed by atoms with E-state index in [2.05, 4.69) is 87.9 Å². The molecule has 2 aromatic rings. The van der Waals surface area contributed by atoms with Gasteiger partial charge in [-0.15, -0.1) is 46.2 Å². The van der Waals surface area contributed by atoms with Crippen molar-refractivity contribution in [1.29, 1.82) is 0 Å². The van der Waals surface area contributed by atoms with Crippen molar-refractivity contribution in [3.63, 3.8) is 0 Å². The van der Waals surface area contributed by atoms with Crippen LogP contribution in [0.15, 0.2) is 68.5 Å². The first-order chi connectivity index (χ1) is 13.3. The van der Waals surface area contributed by atoms with E-state index in [1.165, 1.54) is 10.5 Å². The predicted octanol–water partition coefficient (Wildman–Crippen LogP) is 6.86. The summed E-state index contributed by atoms with van der Waals surface area (Å²) < 4.78 is 0. The fourth-order valence-electron chi connectivity index (χ4n) is 3.29. The smallest absolute Gasteiger partial charge is 0.0772 e. The van der Waals surface area contributed by atoms with Crippen LogP contribution in [0.5, 0.6) is 0 Å². The quantitative estimate of drug-likeness (QED) is 0.485. The predicted molar refractivity (Wildman–Crippen MR) is 124 cm³/mol. The van der Waals surface area contributed by atoms with Crippen LogP contribution in [0.4, 0.5) is 0 Å². The highest BCUT2D eigenvalue weighted by Crippen LogP contribution is 2.48. The zero-order chi connectivity index (χ0) is 18.5. The average molecular weight is 423 g/mol. The molecule has 2 aliphatic rings. The molecule has 0 amide bonds. The molecule has 1 aliphatic heterocycles. The molecule has 0 nitrogen and oxygen atoms in total. The van der Waals surface area contributed by atoms with Crippen molar-refractivity contribution in [1.82, 2.24) is 0 Å². The molecule has 0 radical (unpaired) electrons. The van der Waals surface area contributed by atoms with Crippen LogP contribution in [0.2, 0.25) is 0 Å². The maximum atomic E-state index is 3.57. The van der Waals surface area contributed by atoms with E-state index in [0.29, 0.717) is 17.8 Å². The lowest BCUT2D eigenvalue weighted by atomic mass is 9.75. The van der Waals surface area contributed by atoms with E-state index in [-0.39, 0.29) is 0 Å². The second kappa shape index (κ2) is 9.09. The van der Waals surface area contributed by atoms with Gasteiger partial charge < -0.3 is 0 Å². The molecular weight excluding hydrogens is 405 g/mol. The molecule has 1 aliphatic carbocycles. The Labute approximate surface area is 177 Å². The lowest BCUT2D eigenvalue weighted by Crippen LogP contribution is -2.23. The summed E-state index contributed by atoms with van der Waals surface area (Å²) in [5.41, 5.74) is 1.28. The highest BCUT2D eigenvalue weighted by atomic mass is 32.2. The van der Waals surface area contributed by atoms with Gasteiger partial charge in [0, 0.05) is 28.2 Å². The van der Waals surface area contributed by atoms with Crippen LogP contribution < -0.4 is 0 Å². The minimum absolute atomic E-state index is 0.339. The molecule has 4 heteroatoms. The first-order valence-electron chi connectivity index (χ1n) is 8.72. The van der Waals surface area contributed by atoms with Gasteiger partial charge in [0.2, 0.25) is 0 Å². The number of fused-ring (bicyclic) bond motifs is 1. The van der Waals surface area contributed by atoms with E-state index in [1.54, 1.807) is 34.4 Å². The Morgan fingerprint density at radius 1 is 1.07 bits per heavy atom. The summed E-state index contributed by atoms with van der Waals surface area (Å²) in [4.78, 5) is 3.67. The van der Waals surface area contributed by atoms with Crippen molar-refractivity contribution >= 4 is 46.2 Å². The van der Waals surface area contributed by atoms with Crippen molar-refractivity contribution in [2.45, 2.75) is 6.42 Å². The maximum Gasteiger partial charge on any atom is 0.0772 e.